The van der Waals surface area contributed by atoms with Crippen molar-refractivity contribution in [2.24, 2.45) is 0 Å². The first kappa shape index (κ1) is 11.3. The molecule has 0 saturated heterocycles. The van der Waals surface area contributed by atoms with Gasteiger partial charge < -0.3 is 12.4 Å². The van der Waals surface area contributed by atoms with E-state index >= 15 is 0 Å². The molecule has 0 aliphatic rings. The summed E-state index contributed by atoms with van der Waals surface area (Å²) >= 11 is 0. The molecule has 52 valence electrons. The molecule has 0 N–H and O–H groups in total. The number of allylic oxidation sites excluding steroid dienone is 2. The molecule has 0 unspecified atom stereocenters. The van der Waals surface area contributed by atoms with Crippen LogP contribution in [-0.2, 0) is 0 Å². The quantitative estimate of drug-likeness (QED) is 0.230. The van der Waals surface area contributed by atoms with Gasteiger partial charge in [0.25, 0.3) is 0 Å². The van der Waals surface area contributed by atoms with E-state index in [1.807, 2.05) is 25.6 Å². The summed E-state index contributed by atoms with van der Waals surface area (Å²) < 4.78 is 1.87. The maximum atomic E-state index is 3.59. The molecule has 0 atom stereocenters. The van der Waals surface area contributed by atoms with Crippen molar-refractivity contribution in [3.05, 3.63) is 18.2 Å². The van der Waals surface area contributed by atoms with Crippen molar-refractivity contribution in [3.8, 4) is 0 Å². The molecule has 0 aromatic rings. The van der Waals surface area contributed by atoms with E-state index in [4.69, 9.17) is 0 Å². The number of halogens is 1. The van der Waals surface area contributed by atoms with Gasteiger partial charge in [0, 0.05) is 0 Å². The summed E-state index contributed by atoms with van der Waals surface area (Å²) in [5.41, 5.74) is 1.06. The topological polar surface area (TPSA) is 3.01 Å². The Bertz CT molecular complexity index is 148. The second-order valence-corrected chi connectivity index (χ2v) is 1.89. The van der Waals surface area contributed by atoms with Gasteiger partial charge in [0.1, 0.15) is 14.1 Å². The lowest BCUT2D eigenvalue weighted by atomic mass is 10.3. The van der Waals surface area contributed by atoms with Crippen LogP contribution in [0.1, 0.15) is 6.92 Å². The van der Waals surface area contributed by atoms with Gasteiger partial charge in [-0.15, -0.1) is 0 Å². The summed E-state index contributed by atoms with van der Waals surface area (Å²) in [5, 5.41) is 0. The third-order valence-electron chi connectivity index (χ3n) is 0.706. The largest absolute Gasteiger partial charge is 1.00 e. The Morgan fingerprint density at radius 2 is 2.00 bits per heavy atom. The minimum Gasteiger partial charge on any atom is -1.00 e. The lowest BCUT2D eigenvalue weighted by Gasteiger charge is -1.76. The van der Waals surface area contributed by atoms with E-state index in [1.54, 1.807) is 6.08 Å². The van der Waals surface area contributed by atoms with Crippen LogP contribution < -0.4 is 12.4 Å². The molecule has 0 fully saturated rings. The summed E-state index contributed by atoms with van der Waals surface area (Å²) in [6, 6.07) is 0. The maximum absolute atomic E-state index is 3.59. The predicted octanol–water partition coefficient (Wildman–Crippen LogP) is -1.94. The normalized spacial score (nSPS) is 6.56. The first-order chi connectivity index (χ1) is 3.66. The summed E-state index contributed by atoms with van der Waals surface area (Å²) in [6.07, 6.45) is 1.78. The molecule has 2 heteroatoms. The summed E-state index contributed by atoms with van der Waals surface area (Å²) in [6.45, 7) is 5.55. The van der Waals surface area contributed by atoms with Gasteiger partial charge in [0.05, 0.1) is 5.57 Å². The van der Waals surface area contributed by atoms with Crippen molar-refractivity contribution >= 4 is 5.87 Å². The van der Waals surface area contributed by atoms with Crippen molar-refractivity contribution in [1.82, 2.24) is 0 Å². The molecule has 1 nitrogen and oxygen atoms in total. The molecule has 0 heterocycles. The zero-order valence-electron chi connectivity index (χ0n) is 6.11. The summed E-state index contributed by atoms with van der Waals surface area (Å²) in [5.74, 6) is 3.02. The van der Waals surface area contributed by atoms with Crippen molar-refractivity contribution in [3.63, 3.8) is 0 Å². The second-order valence-electron chi connectivity index (χ2n) is 1.89. The average Bonchev–Trinajstić information content (AvgIpc) is 1.65. The number of rotatable bonds is 1. The van der Waals surface area contributed by atoms with Crippen LogP contribution in [0.2, 0.25) is 0 Å². The predicted molar refractivity (Wildman–Crippen MR) is 36.5 cm³/mol. The molecule has 0 spiro atoms. The van der Waals surface area contributed by atoms with Crippen LogP contribution in [0, 0.1) is 0 Å². The Hall–Kier alpha value is -0.520. The van der Waals surface area contributed by atoms with Gasteiger partial charge >= 0.3 is 0 Å². The van der Waals surface area contributed by atoms with E-state index in [1.165, 1.54) is 0 Å². The Balaban J connectivity index is 0. The highest BCUT2D eigenvalue weighted by Crippen LogP contribution is 1.81. The minimum atomic E-state index is 0. The third-order valence-corrected chi connectivity index (χ3v) is 0.706. The van der Waals surface area contributed by atoms with Crippen LogP contribution in [0.5, 0.6) is 0 Å². The van der Waals surface area contributed by atoms with E-state index in [0.717, 1.165) is 5.57 Å². The fraction of sp³-hybridized carbons (Fsp3) is 0.429. The molecule has 0 saturated carbocycles. The Kier molecular flexibility index (Phi) is 7.05. The van der Waals surface area contributed by atoms with Crippen LogP contribution in [0.3, 0.4) is 0 Å². The van der Waals surface area contributed by atoms with Crippen LogP contribution in [0.15, 0.2) is 18.2 Å². The van der Waals surface area contributed by atoms with E-state index in [2.05, 4.69) is 12.4 Å². The number of nitrogens with zero attached hydrogens (tertiary/aromatic N) is 1. The average molecular weight is 146 g/mol. The smallest absolute Gasteiger partial charge is 0.169 e. The van der Waals surface area contributed by atoms with Crippen LogP contribution >= 0.6 is 0 Å². The first-order valence-corrected chi connectivity index (χ1v) is 2.56. The second kappa shape index (κ2) is 5.61. The number of hydrogen-bond donors (Lipinski definition) is 0. The number of hydrogen-bond acceptors (Lipinski definition) is 0. The summed E-state index contributed by atoms with van der Waals surface area (Å²) in [4.78, 5) is 0. The van der Waals surface area contributed by atoms with E-state index in [-0.39, 0.29) is 12.4 Å². The highest BCUT2D eigenvalue weighted by molar-refractivity contribution is 5.55. The molecular weight excluding hydrogens is 134 g/mol. The van der Waals surface area contributed by atoms with Gasteiger partial charge in [-0.2, -0.15) is 4.58 Å². The van der Waals surface area contributed by atoms with Crippen LogP contribution in [-0.4, -0.2) is 24.5 Å². The zero-order valence-corrected chi connectivity index (χ0v) is 6.87. The third kappa shape index (κ3) is 7.48. The molecule has 0 rings (SSSR count). The van der Waals surface area contributed by atoms with Gasteiger partial charge in [0.15, 0.2) is 5.87 Å². The standard InChI is InChI=1S/C7H12N.ClH/c1-5-7(2)6-8(3)4;/h5H,1H2,2-4H3;1H/q+1;/p-1. The minimum absolute atomic E-state index is 0. The van der Waals surface area contributed by atoms with Gasteiger partial charge in [-0.3, -0.25) is 0 Å². The van der Waals surface area contributed by atoms with E-state index in [9.17, 15) is 0 Å². The highest BCUT2D eigenvalue weighted by Gasteiger charge is 1.78. The molecule has 0 radical (unpaired) electrons. The fourth-order valence-corrected chi connectivity index (χ4v) is 0.398. The zero-order chi connectivity index (χ0) is 6.57. The molecule has 0 aromatic carbocycles. The summed E-state index contributed by atoms with van der Waals surface area (Å²) in [7, 11) is 3.88. The lowest BCUT2D eigenvalue weighted by Crippen LogP contribution is -3.00. The molecule has 0 bridgehead atoms. The molecule has 0 amide bonds. The SMILES string of the molecule is C=CC(C)=C=[N+](C)C.[Cl-]. The Morgan fingerprint density at radius 3 is 2.11 bits per heavy atom. The Morgan fingerprint density at radius 1 is 1.56 bits per heavy atom. The van der Waals surface area contributed by atoms with Crippen molar-refractivity contribution < 1.29 is 17.0 Å². The first-order valence-electron chi connectivity index (χ1n) is 2.56. The van der Waals surface area contributed by atoms with Crippen molar-refractivity contribution in [2.45, 2.75) is 6.92 Å². The van der Waals surface area contributed by atoms with E-state index in [0.29, 0.717) is 0 Å². The van der Waals surface area contributed by atoms with Crippen molar-refractivity contribution in [2.75, 3.05) is 14.1 Å². The van der Waals surface area contributed by atoms with Gasteiger partial charge in [0.2, 0.25) is 0 Å². The fourth-order valence-electron chi connectivity index (χ4n) is 0.398. The lowest BCUT2D eigenvalue weighted by molar-refractivity contribution is -0.456. The molecular formula is C7H12ClN. The molecule has 0 aliphatic heterocycles. The molecule has 0 aliphatic carbocycles. The van der Waals surface area contributed by atoms with Gasteiger partial charge in [-0.25, -0.2) is 0 Å². The van der Waals surface area contributed by atoms with Gasteiger partial charge in [-0.1, -0.05) is 12.7 Å². The maximum Gasteiger partial charge on any atom is 0.169 e. The highest BCUT2D eigenvalue weighted by atomic mass is 35.5. The van der Waals surface area contributed by atoms with Crippen molar-refractivity contribution in [1.29, 1.82) is 0 Å². The molecule has 0 aromatic heterocycles. The Labute approximate surface area is 62.8 Å². The van der Waals surface area contributed by atoms with Gasteiger partial charge in [-0.05, 0) is 6.92 Å². The van der Waals surface area contributed by atoms with Crippen LogP contribution in [0.4, 0.5) is 0 Å². The van der Waals surface area contributed by atoms with Crippen LogP contribution in [0.25, 0.3) is 0 Å². The van der Waals surface area contributed by atoms with E-state index < -0.39 is 0 Å². The molecule has 9 heavy (non-hydrogen) atoms. The monoisotopic (exact) mass is 145 g/mol.